The van der Waals surface area contributed by atoms with E-state index in [1.807, 2.05) is 0 Å². The van der Waals surface area contributed by atoms with Crippen LogP contribution in [0.1, 0.15) is 5.69 Å². The summed E-state index contributed by atoms with van der Waals surface area (Å²) in [4.78, 5) is 19.1. The Morgan fingerprint density at radius 1 is 1.24 bits per heavy atom. The molecule has 1 heterocycles. The van der Waals surface area contributed by atoms with Crippen LogP contribution in [0.5, 0.6) is 11.5 Å². The lowest BCUT2D eigenvalue weighted by atomic mass is 10.1. The van der Waals surface area contributed by atoms with E-state index in [0.29, 0.717) is 33.1 Å². The van der Waals surface area contributed by atoms with E-state index < -0.39 is 0 Å². The molecule has 0 saturated heterocycles. The summed E-state index contributed by atoms with van der Waals surface area (Å²) in [7, 11) is 4.67. The van der Waals surface area contributed by atoms with Crippen molar-refractivity contribution in [3.8, 4) is 22.9 Å². The molecule has 2 aromatic rings. The number of nitrogens with zero attached hydrogens (tertiary/aromatic N) is 1. The van der Waals surface area contributed by atoms with Crippen LogP contribution < -0.4 is 15.0 Å². The fraction of sp³-hybridized carbons (Fsp3) is 0.286. The highest BCUT2D eigenvalue weighted by molar-refractivity contribution is 9.10. The van der Waals surface area contributed by atoms with E-state index in [1.165, 1.54) is 0 Å². The number of rotatable bonds is 5. The quantitative estimate of drug-likeness (QED) is 0.892. The van der Waals surface area contributed by atoms with Gasteiger partial charge in [-0.25, -0.2) is 4.98 Å². The summed E-state index contributed by atoms with van der Waals surface area (Å²) in [5, 5.41) is 0. The Labute approximate surface area is 130 Å². The molecule has 1 aromatic carbocycles. The molecule has 0 spiro atoms. The third kappa shape index (κ3) is 3.25. The van der Waals surface area contributed by atoms with Crippen molar-refractivity contribution in [1.82, 2.24) is 9.97 Å². The van der Waals surface area contributed by atoms with Crippen LogP contribution in [0.2, 0.25) is 0 Å². The van der Waals surface area contributed by atoms with Crippen molar-refractivity contribution in [3.05, 3.63) is 38.7 Å². The van der Waals surface area contributed by atoms with Gasteiger partial charge in [-0.1, -0.05) is 0 Å². The zero-order chi connectivity index (χ0) is 15.4. The van der Waals surface area contributed by atoms with Gasteiger partial charge < -0.3 is 19.2 Å². The Balaban J connectivity index is 2.63. The van der Waals surface area contributed by atoms with Gasteiger partial charge in [-0.15, -0.1) is 0 Å². The van der Waals surface area contributed by atoms with Gasteiger partial charge in [-0.05, 0) is 34.1 Å². The average Bonchev–Trinajstić information content (AvgIpc) is 2.51. The normalized spacial score (nSPS) is 10.5. The van der Waals surface area contributed by atoms with Gasteiger partial charge >= 0.3 is 0 Å². The first-order valence-electron chi connectivity index (χ1n) is 6.10. The molecule has 7 heteroatoms. The van der Waals surface area contributed by atoms with E-state index in [-0.39, 0.29) is 12.2 Å². The molecular weight excluding hydrogens is 340 g/mol. The van der Waals surface area contributed by atoms with Gasteiger partial charge in [0.25, 0.3) is 5.56 Å². The highest BCUT2D eigenvalue weighted by Crippen LogP contribution is 2.31. The number of aromatic nitrogens is 2. The molecule has 0 amide bonds. The third-order valence-corrected chi connectivity index (χ3v) is 3.69. The molecule has 0 aliphatic rings. The third-order valence-electron chi connectivity index (χ3n) is 2.87. The maximum atomic E-state index is 12.0. The zero-order valence-electron chi connectivity index (χ0n) is 11.9. The smallest absolute Gasteiger partial charge is 0.265 e. The van der Waals surface area contributed by atoms with E-state index in [1.54, 1.807) is 39.5 Å². The zero-order valence-corrected chi connectivity index (χ0v) is 13.5. The first kappa shape index (κ1) is 15.5. The van der Waals surface area contributed by atoms with Gasteiger partial charge in [0.05, 0.1) is 32.1 Å². The summed E-state index contributed by atoms with van der Waals surface area (Å²) in [6.07, 6.45) is 0. The summed E-state index contributed by atoms with van der Waals surface area (Å²) in [5.41, 5.74) is 0.872. The second-order valence-corrected chi connectivity index (χ2v) is 4.97. The van der Waals surface area contributed by atoms with E-state index in [9.17, 15) is 4.79 Å². The molecule has 0 unspecified atom stereocenters. The summed E-state index contributed by atoms with van der Waals surface area (Å²) in [6, 6.07) is 5.28. The molecule has 0 radical (unpaired) electrons. The van der Waals surface area contributed by atoms with E-state index >= 15 is 0 Å². The maximum absolute atomic E-state index is 12.0. The van der Waals surface area contributed by atoms with Crippen molar-refractivity contribution in [2.75, 3.05) is 21.3 Å². The number of H-pyrrole nitrogens is 1. The largest absolute Gasteiger partial charge is 0.497 e. The molecule has 1 N–H and O–H groups in total. The molecule has 0 aliphatic heterocycles. The van der Waals surface area contributed by atoms with Crippen molar-refractivity contribution in [1.29, 1.82) is 0 Å². The number of methoxy groups -OCH3 is 3. The fourth-order valence-corrected chi connectivity index (χ4v) is 2.17. The molecule has 1 aromatic heterocycles. The maximum Gasteiger partial charge on any atom is 0.265 e. The van der Waals surface area contributed by atoms with Crippen molar-refractivity contribution in [2.45, 2.75) is 6.61 Å². The summed E-state index contributed by atoms with van der Waals surface area (Å²) >= 11 is 3.21. The summed E-state index contributed by atoms with van der Waals surface area (Å²) in [5.74, 6) is 1.63. The van der Waals surface area contributed by atoms with Crippen LogP contribution in [-0.2, 0) is 11.3 Å². The number of hydrogen-bond donors (Lipinski definition) is 1. The molecule has 0 atom stereocenters. The summed E-state index contributed by atoms with van der Waals surface area (Å²) in [6.45, 7) is 0.226. The SMILES string of the molecule is COCc1nc(-c2cc(OC)ccc2OC)[nH]c(=O)c1Br. The van der Waals surface area contributed by atoms with Crippen molar-refractivity contribution in [2.24, 2.45) is 0 Å². The van der Waals surface area contributed by atoms with E-state index in [0.717, 1.165) is 0 Å². The van der Waals surface area contributed by atoms with Crippen molar-refractivity contribution >= 4 is 15.9 Å². The first-order chi connectivity index (χ1) is 10.1. The van der Waals surface area contributed by atoms with Crippen molar-refractivity contribution in [3.63, 3.8) is 0 Å². The second-order valence-electron chi connectivity index (χ2n) is 4.17. The van der Waals surface area contributed by atoms with Gasteiger partial charge in [0.2, 0.25) is 0 Å². The lowest BCUT2D eigenvalue weighted by molar-refractivity contribution is 0.180. The molecule has 21 heavy (non-hydrogen) atoms. The number of ether oxygens (including phenoxy) is 3. The van der Waals surface area contributed by atoms with Crippen LogP contribution in [0.4, 0.5) is 0 Å². The number of benzene rings is 1. The van der Waals surface area contributed by atoms with Crippen molar-refractivity contribution < 1.29 is 14.2 Å². The highest BCUT2D eigenvalue weighted by Gasteiger charge is 2.14. The van der Waals surface area contributed by atoms with Crippen LogP contribution >= 0.6 is 15.9 Å². The minimum absolute atomic E-state index is 0.226. The van der Waals surface area contributed by atoms with Gasteiger partial charge in [-0.3, -0.25) is 4.79 Å². The number of aromatic amines is 1. The van der Waals surface area contributed by atoms with E-state index in [4.69, 9.17) is 14.2 Å². The standard InChI is InChI=1S/C14H15BrN2O4/c1-19-7-10-12(15)14(18)17-13(16-10)9-6-8(20-2)4-5-11(9)21-3/h4-6H,7H2,1-3H3,(H,16,17,18). The highest BCUT2D eigenvalue weighted by atomic mass is 79.9. The fourth-order valence-electron chi connectivity index (χ4n) is 1.86. The molecule has 0 fully saturated rings. The van der Waals surface area contributed by atoms with Gasteiger partial charge in [0.1, 0.15) is 21.8 Å². The van der Waals surface area contributed by atoms with Crippen LogP contribution in [0, 0.1) is 0 Å². The van der Waals surface area contributed by atoms with Crippen LogP contribution in [0.15, 0.2) is 27.5 Å². The number of hydrogen-bond acceptors (Lipinski definition) is 5. The predicted molar refractivity (Wildman–Crippen MR) is 81.8 cm³/mol. The number of halogens is 1. The minimum Gasteiger partial charge on any atom is -0.497 e. The Morgan fingerprint density at radius 2 is 2.00 bits per heavy atom. The first-order valence-corrected chi connectivity index (χ1v) is 6.90. The van der Waals surface area contributed by atoms with Gasteiger partial charge in [0.15, 0.2) is 0 Å². The van der Waals surface area contributed by atoms with Gasteiger partial charge in [-0.2, -0.15) is 0 Å². The van der Waals surface area contributed by atoms with Crippen LogP contribution in [0.3, 0.4) is 0 Å². The number of nitrogens with one attached hydrogen (secondary N) is 1. The lowest BCUT2D eigenvalue weighted by Crippen LogP contribution is -2.14. The molecular formula is C14H15BrN2O4. The minimum atomic E-state index is -0.281. The molecule has 112 valence electrons. The average molecular weight is 355 g/mol. The Hall–Kier alpha value is -1.86. The molecule has 0 bridgehead atoms. The molecule has 2 rings (SSSR count). The lowest BCUT2D eigenvalue weighted by Gasteiger charge is -2.11. The van der Waals surface area contributed by atoms with E-state index in [2.05, 4.69) is 25.9 Å². The monoisotopic (exact) mass is 354 g/mol. The Bertz CT molecular complexity index is 700. The van der Waals surface area contributed by atoms with Crippen LogP contribution in [0.25, 0.3) is 11.4 Å². The topological polar surface area (TPSA) is 73.4 Å². The molecule has 0 aliphatic carbocycles. The summed E-state index contributed by atoms with van der Waals surface area (Å²) < 4.78 is 15.9. The molecule has 0 saturated carbocycles. The van der Waals surface area contributed by atoms with Crippen LogP contribution in [-0.4, -0.2) is 31.3 Å². The van der Waals surface area contributed by atoms with Gasteiger partial charge in [0, 0.05) is 7.11 Å². The Kier molecular flexibility index (Phi) is 4.98. The molecule has 6 nitrogen and oxygen atoms in total. The Morgan fingerprint density at radius 3 is 2.62 bits per heavy atom. The second kappa shape index (κ2) is 6.73. The predicted octanol–water partition coefficient (Wildman–Crippen LogP) is 2.36.